The van der Waals surface area contributed by atoms with Crippen LogP contribution < -0.4 is 5.32 Å². The maximum absolute atomic E-state index is 11.1. The Morgan fingerprint density at radius 3 is 2.75 bits per heavy atom. The average molecular weight is 297 g/mol. The van der Waals surface area contributed by atoms with Crippen molar-refractivity contribution in [1.29, 1.82) is 0 Å². The fourth-order valence-electron chi connectivity index (χ4n) is 2.69. The Balaban J connectivity index is 2.09. The first-order valence-electron chi connectivity index (χ1n) is 6.98. The fourth-order valence-corrected chi connectivity index (χ4v) is 2.80. The second-order valence-corrected chi connectivity index (χ2v) is 5.73. The van der Waals surface area contributed by atoms with Crippen molar-refractivity contribution in [2.45, 2.75) is 25.8 Å². The first-order valence-corrected chi connectivity index (χ1v) is 7.35. The summed E-state index contributed by atoms with van der Waals surface area (Å²) in [4.78, 5) is 13.4. The number of benzene rings is 1. The molecule has 1 saturated heterocycles. The molecule has 1 aromatic carbocycles. The second kappa shape index (κ2) is 7.07. The quantitative estimate of drug-likeness (QED) is 0.872. The predicted octanol–water partition coefficient (Wildman–Crippen LogP) is 1.94. The summed E-state index contributed by atoms with van der Waals surface area (Å²) in [5, 5.41) is 13.2. The number of nitrogens with zero attached hydrogens (tertiary/aromatic N) is 1. The average Bonchev–Trinajstić information content (AvgIpc) is 2.43. The highest BCUT2D eigenvalue weighted by molar-refractivity contribution is 6.31. The Kier molecular flexibility index (Phi) is 5.40. The van der Waals surface area contributed by atoms with Crippen LogP contribution in [0.15, 0.2) is 18.2 Å². The van der Waals surface area contributed by atoms with E-state index in [1.165, 1.54) is 0 Å². The minimum atomic E-state index is -0.737. The van der Waals surface area contributed by atoms with E-state index in [9.17, 15) is 4.79 Å². The van der Waals surface area contributed by atoms with Crippen LogP contribution >= 0.6 is 11.6 Å². The van der Waals surface area contributed by atoms with Crippen LogP contribution in [0.1, 0.15) is 17.5 Å². The number of aliphatic carboxylic acids is 1. The molecule has 0 amide bonds. The summed E-state index contributed by atoms with van der Waals surface area (Å²) in [5.41, 5.74) is 2.19. The number of nitrogens with one attached hydrogen (secondary N) is 1. The second-order valence-electron chi connectivity index (χ2n) is 5.33. The van der Waals surface area contributed by atoms with Crippen LogP contribution in [0.25, 0.3) is 0 Å². The van der Waals surface area contributed by atoms with Crippen molar-refractivity contribution in [3.05, 3.63) is 34.3 Å². The van der Waals surface area contributed by atoms with Gasteiger partial charge in [0.2, 0.25) is 0 Å². The lowest BCUT2D eigenvalue weighted by Crippen LogP contribution is -2.49. The van der Waals surface area contributed by atoms with E-state index >= 15 is 0 Å². The van der Waals surface area contributed by atoms with Gasteiger partial charge >= 0.3 is 5.97 Å². The van der Waals surface area contributed by atoms with E-state index in [2.05, 4.69) is 16.3 Å². The molecule has 110 valence electrons. The standard InChI is InChI=1S/C15H21ClN2O2/c1-11-8-12(2-3-14(11)16)9-13(10-15(19)20)18-6-4-17-5-7-18/h2-3,8,13,17H,4-7,9-10H2,1H3,(H,19,20). The molecule has 1 aliphatic rings. The molecule has 1 heterocycles. The number of piperazine rings is 1. The summed E-state index contributed by atoms with van der Waals surface area (Å²) in [6.45, 7) is 5.64. The zero-order valence-corrected chi connectivity index (χ0v) is 12.5. The molecule has 2 N–H and O–H groups in total. The van der Waals surface area contributed by atoms with E-state index in [0.29, 0.717) is 0 Å². The molecule has 1 aliphatic heterocycles. The summed E-state index contributed by atoms with van der Waals surface area (Å²) in [6, 6.07) is 5.99. The van der Waals surface area contributed by atoms with E-state index in [4.69, 9.17) is 16.7 Å². The van der Waals surface area contributed by atoms with Crippen molar-refractivity contribution < 1.29 is 9.90 Å². The number of halogens is 1. The van der Waals surface area contributed by atoms with Crippen LogP contribution in [-0.4, -0.2) is 48.2 Å². The smallest absolute Gasteiger partial charge is 0.304 e. The normalized spacial score (nSPS) is 17.9. The van der Waals surface area contributed by atoms with Crippen LogP contribution in [0, 0.1) is 6.92 Å². The molecule has 1 aromatic rings. The summed E-state index contributed by atoms with van der Waals surface area (Å²) in [5.74, 6) is -0.737. The maximum Gasteiger partial charge on any atom is 0.304 e. The van der Waals surface area contributed by atoms with Crippen molar-refractivity contribution in [1.82, 2.24) is 10.2 Å². The third kappa shape index (κ3) is 4.20. The summed E-state index contributed by atoms with van der Waals surface area (Å²) < 4.78 is 0. The Hall–Kier alpha value is -1.10. The molecule has 2 rings (SSSR count). The van der Waals surface area contributed by atoms with Crippen molar-refractivity contribution >= 4 is 17.6 Å². The minimum Gasteiger partial charge on any atom is -0.481 e. The van der Waals surface area contributed by atoms with Gasteiger partial charge in [-0.3, -0.25) is 9.69 Å². The van der Waals surface area contributed by atoms with Crippen LogP contribution in [0.3, 0.4) is 0 Å². The summed E-state index contributed by atoms with van der Waals surface area (Å²) >= 11 is 6.04. The molecule has 20 heavy (non-hydrogen) atoms. The fraction of sp³-hybridized carbons (Fsp3) is 0.533. The molecule has 0 saturated carbocycles. The van der Waals surface area contributed by atoms with Gasteiger partial charge in [-0.2, -0.15) is 0 Å². The van der Waals surface area contributed by atoms with E-state index in [1.54, 1.807) is 0 Å². The Bertz CT molecular complexity index is 473. The maximum atomic E-state index is 11.1. The number of aryl methyl sites for hydroxylation is 1. The van der Waals surface area contributed by atoms with Gasteiger partial charge in [-0.25, -0.2) is 0 Å². The van der Waals surface area contributed by atoms with Gasteiger partial charge < -0.3 is 10.4 Å². The number of carboxylic acid groups (broad SMARTS) is 1. The third-order valence-electron chi connectivity index (χ3n) is 3.77. The molecule has 0 aromatic heterocycles. The SMILES string of the molecule is Cc1cc(CC(CC(=O)O)N2CCNCC2)ccc1Cl. The van der Waals surface area contributed by atoms with Crippen LogP contribution in [0.5, 0.6) is 0 Å². The number of hydrogen-bond donors (Lipinski definition) is 2. The molecule has 5 heteroatoms. The van der Waals surface area contributed by atoms with Gasteiger partial charge in [-0.1, -0.05) is 23.7 Å². The molecule has 4 nitrogen and oxygen atoms in total. The lowest BCUT2D eigenvalue weighted by Gasteiger charge is -2.34. The molecule has 0 bridgehead atoms. The van der Waals surface area contributed by atoms with Crippen LogP contribution in [0.2, 0.25) is 5.02 Å². The topological polar surface area (TPSA) is 52.6 Å². The molecular formula is C15H21ClN2O2. The zero-order valence-electron chi connectivity index (χ0n) is 11.7. The van der Waals surface area contributed by atoms with Gasteiger partial charge in [0.1, 0.15) is 0 Å². The molecule has 1 unspecified atom stereocenters. The van der Waals surface area contributed by atoms with E-state index in [0.717, 1.165) is 48.7 Å². The van der Waals surface area contributed by atoms with Gasteiger partial charge in [0.25, 0.3) is 0 Å². The largest absolute Gasteiger partial charge is 0.481 e. The van der Waals surface area contributed by atoms with Gasteiger partial charge in [0.15, 0.2) is 0 Å². The molecular weight excluding hydrogens is 276 g/mol. The Labute approximate surface area is 124 Å². The van der Waals surface area contributed by atoms with E-state index in [-0.39, 0.29) is 12.5 Å². The third-order valence-corrected chi connectivity index (χ3v) is 4.20. The highest BCUT2D eigenvalue weighted by atomic mass is 35.5. The van der Waals surface area contributed by atoms with Crippen LogP contribution in [-0.2, 0) is 11.2 Å². The van der Waals surface area contributed by atoms with Crippen molar-refractivity contribution in [2.24, 2.45) is 0 Å². The Morgan fingerprint density at radius 1 is 1.45 bits per heavy atom. The minimum absolute atomic E-state index is 0.0511. The number of carbonyl (C=O) groups is 1. The van der Waals surface area contributed by atoms with E-state index in [1.807, 2.05) is 19.1 Å². The van der Waals surface area contributed by atoms with Gasteiger partial charge in [0, 0.05) is 37.2 Å². The van der Waals surface area contributed by atoms with Gasteiger partial charge in [0.05, 0.1) is 6.42 Å². The molecule has 0 aliphatic carbocycles. The number of hydrogen-bond acceptors (Lipinski definition) is 3. The van der Waals surface area contributed by atoms with Crippen LogP contribution in [0.4, 0.5) is 0 Å². The van der Waals surface area contributed by atoms with Crippen molar-refractivity contribution in [2.75, 3.05) is 26.2 Å². The lowest BCUT2D eigenvalue weighted by atomic mass is 9.99. The van der Waals surface area contributed by atoms with E-state index < -0.39 is 5.97 Å². The van der Waals surface area contributed by atoms with Crippen molar-refractivity contribution in [3.63, 3.8) is 0 Å². The summed E-state index contributed by atoms with van der Waals surface area (Å²) in [7, 11) is 0. The lowest BCUT2D eigenvalue weighted by molar-refractivity contribution is -0.138. The highest BCUT2D eigenvalue weighted by Crippen LogP contribution is 2.19. The first-order chi connectivity index (χ1) is 9.56. The zero-order chi connectivity index (χ0) is 14.5. The Morgan fingerprint density at radius 2 is 2.15 bits per heavy atom. The van der Waals surface area contributed by atoms with Gasteiger partial charge in [-0.05, 0) is 30.5 Å². The highest BCUT2D eigenvalue weighted by Gasteiger charge is 2.23. The van der Waals surface area contributed by atoms with Crippen molar-refractivity contribution in [3.8, 4) is 0 Å². The number of rotatable bonds is 5. The summed E-state index contributed by atoms with van der Waals surface area (Å²) in [6.07, 6.45) is 0.936. The predicted molar refractivity (Wildman–Crippen MR) is 80.4 cm³/mol. The first kappa shape index (κ1) is 15.3. The molecule has 1 atom stereocenters. The molecule has 0 radical (unpaired) electrons. The molecule has 0 spiro atoms. The monoisotopic (exact) mass is 296 g/mol. The number of carboxylic acids is 1. The van der Waals surface area contributed by atoms with Gasteiger partial charge in [-0.15, -0.1) is 0 Å². The molecule has 1 fully saturated rings.